The molecule has 13 nitrogen and oxygen atoms in total. The van der Waals surface area contributed by atoms with Gasteiger partial charge in [-0.2, -0.15) is 0 Å². The molecule has 0 unspecified atom stereocenters. The Labute approximate surface area is 562 Å². The van der Waals surface area contributed by atoms with Gasteiger partial charge in [0.15, 0.2) is 8.32 Å². The van der Waals surface area contributed by atoms with Crippen molar-refractivity contribution in [1.29, 1.82) is 0 Å². The van der Waals surface area contributed by atoms with Gasteiger partial charge >= 0.3 is 70.7 Å². The molecule has 522 valence electrons. The fourth-order valence-corrected chi connectivity index (χ4v) is 67.2. The van der Waals surface area contributed by atoms with Crippen molar-refractivity contribution in [2.24, 2.45) is 41.4 Å². The molecule has 90 heavy (non-hydrogen) atoms. The van der Waals surface area contributed by atoms with Gasteiger partial charge in [0, 0.05) is 42.3 Å². The molecule has 0 spiro atoms. The van der Waals surface area contributed by atoms with Crippen molar-refractivity contribution in [3.63, 3.8) is 0 Å². The van der Waals surface area contributed by atoms with E-state index >= 15 is 0 Å². The maximum absolute atomic E-state index is 8.43. The summed E-state index contributed by atoms with van der Waals surface area (Å²) in [5, 5.41) is 0. The molecule has 7 rings (SSSR count). The fraction of sp³-hybridized carbons (Fsp3) is 0.882. The van der Waals surface area contributed by atoms with Crippen LogP contribution in [-0.2, 0) is 59.9 Å². The summed E-state index contributed by atoms with van der Waals surface area (Å²) in [5.41, 5.74) is 2.34. The van der Waals surface area contributed by atoms with Gasteiger partial charge in [-0.3, -0.25) is 0 Å². The molecule has 1 aromatic carbocycles. The summed E-state index contributed by atoms with van der Waals surface area (Å²) in [5.74, 6) is 4.20. The summed E-state index contributed by atoms with van der Waals surface area (Å²) in [4.78, 5) is 0. The minimum Gasteiger partial charge on any atom is -0.395 e. The van der Waals surface area contributed by atoms with Crippen molar-refractivity contribution in [1.82, 2.24) is 0 Å². The second kappa shape index (κ2) is 37.5. The summed E-state index contributed by atoms with van der Waals surface area (Å²) in [7, 11) is -36.6. The third-order valence-corrected chi connectivity index (χ3v) is 59.1. The first-order valence-electron chi connectivity index (χ1n) is 37.4. The summed E-state index contributed by atoms with van der Waals surface area (Å²) >= 11 is 0. The molecule has 8 bridgehead atoms. The van der Waals surface area contributed by atoms with Crippen LogP contribution in [0.2, 0.25) is 61.4 Å². The van der Waals surface area contributed by atoms with Gasteiger partial charge in [-0.1, -0.05) is 269 Å². The van der Waals surface area contributed by atoms with Crippen molar-refractivity contribution in [2.45, 2.75) is 345 Å². The average Bonchev–Trinajstić information content (AvgIpc) is 0.688. The van der Waals surface area contributed by atoms with Gasteiger partial charge in [-0.15, -0.1) is 0 Å². The summed E-state index contributed by atoms with van der Waals surface area (Å²) < 4.78 is 109. The van der Waals surface area contributed by atoms with E-state index < -0.39 is 79.0 Å². The highest BCUT2D eigenvalue weighted by molar-refractivity contribution is 7.03. The fourth-order valence-electron chi connectivity index (χ4n) is 13.5. The minimum absolute atomic E-state index is 0.505. The van der Waals surface area contributed by atoms with Gasteiger partial charge in [0.25, 0.3) is 0 Å². The molecule has 0 aromatic heterocycles. The van der Waals surface area contributed by atoms with Gasteiger partial charge in [0.2, 0.25) is 0 Å². The smallest absolute Gasteiger partial charge is 0.395 e. The minimum atomic E-state index is -4.66. The van der Waals surface area contributed by atoms with E-state index in [1.54, 1.807) is 0 Å². The van der Waals surface area contributed by atoms with Crippen LogP contribution in [0.25, 0.3) is 6.08 Å². The highest BCUT2D eigenvalue weighted by atomic mass is 28.6. The molecule has 1 aromatic rings. The molecular formula is C68H136O13Si9. The van der Waals surface area contributed by atoms with E-state index in [2.05, 4.69) is 141 Å². The second-order valence-corrected chi connectivity index (χ2v) is 60.5. The third kappa shape index (κ3) is 26.6. The number of aryl methyl sites for hydroxylation is 1. The first kappa shape index (κ1) is 79.4. The predicted molar refractivity (Wildman–Crippen MR) is 389 cm³/mol. The number of unbranched alkanes of at least 4 members (excludes halogenated alkanes) is 14. The first-order valence-corrected chi connectivity index (χ1v) is 55.7. The molecule has 6 heterocycles. The van der Waals surface area contributed by atoms with E-state index in [0.29, 0.717) is 83.7 Å². The van der Waals surface area contributed by atoms with E-state index in [-0.39, 0.29) is 0 Å². The highest BCUT2D eigenvalue weighted by Gasteiger charge is 2.84. The summed E-state index contributed by atoms with van der Waals surface area (Å²) in [6, 6.07) is 13.2. The van der Waals surface area contributed by atoms with E-state index in [1.165, 1.54) is 5.56 Å². The average molecular weight is 1410 g/mol. The van der Waals surface area contributed by atoms with Crippen LogP contribution in [0, 0.1) is 41.4 Å². The molecule has 0 N–H and O–H groups in total. The first-order chi connectivity index (χ1) is 42.6. The molecule has 6 aliphatic rings. The van der Waals surface area contributed by atoms with Crippen LogP contribution in [0.1, 0.15) is 288 Å². The van der Waals surface area contributed by atoms with Gasteiger partial charge in [0.05, 0.1) is 0 Å². The Hall–Kier alpha value is 0.392. The number of benzene rings is 1. The molecule has 6 saturated heterocycles. The van der Waals surface area contributed by atoms with Crippen molar-refractivity contribution in [3.05, 3.63) is 42.0 Å². The molecular weight excluding hydrogens is 1280 g/mol. The van der Waals surface area contributed by atoms with Crippen LogP contribution in [0.3, 0.4) is 0 Å². The van der Waals surface area contributed by atoms with E-state index in [1.807, 2.05) is 6.08 Å². The Morgan fingerprint density at radius 1 is 0.344 bits per heavy atom. The van der Waals surface area contributed by atoms with Gasteiger partial charge in [0.1, 0.15) is 0 Å². The molecule has 0 atom stereocenters. The normalized spacial score (nSPS) is 29.4. The zero-order valence-corrected chi connectivity index (χ0v) is 69.6. The topological polar surface area (TPSA) is 120 Å². The lowest BCUT2D eigenvalue weighted by molar-refractivity contribution is -0.0481. The third-order valence-electron chi connectivity index (χ3n) is 18.6. The molecule has 0 radical (unpaired) electrons. The maximum Gasteiger partial charge on any atom is 0.646 e. The zero-order valence-electron chi connectivity index (χ0n) is 60.6. The lowest BCUT2D eigenvalue weighted by Gasteiger charge is -2.63. The van der Waals surface area contributed by atoms with E-state index in [4.69, 9.17) is 53.5 Å². The predicted octanol–water partition coefficient (Wildman–Crippen LogP) is 21.9. The second-order valence-electron chi connectivity index (χ2n) is 31.8. The largest absolute Gasteiger partial charge is 0.646 e. The van der Waals surface area contributed by atoms with Crippen molar-refractivity contribution in [3.8, 4) is 0 Å². The Bertz CT molecular complexity index is 2020. The highest BCUT2D eigenvalue weighted by Crippen LogP contribution is 2.55. The van der Waals surface area contributed by atoms with Crippen LogP contribution in [0.4, 0.5) is 0 Å². The molecule has 6 aliphatic heterocycles. The van der Waals surface area contributed by atoms with Crippen LogP contribution >= 0.6 is 0 Å². The standard InChI is InChI=1S/C68H136O13Si9/c1-18-67-48-40-49-68(59-67)50-58-82(16,17)69-90-79-87(55-37-23-30-45-64(10)11)73-84(52-34-20-27-42-61(4)5)70-83(51-33-19-26-41-60(2)3)71-85(75-87,53-35-21-28-43-62(6)7)77-89(81-90,57-39-25-32-47-66(14)15)78-86(72-83,54-36-22-29-44-63(8)9)76-88(74-84,80-90)56-38-24-31-46-65(12)13/h18,40,48-49,59-66H,1,19-39,41-47,50-58H2,2-17H3. The lowest BCUT2D eigenvalue weighted by atomic mass is 10.1. The van der Waals surface area contributed by atoms with Crippen molar-refractivity contribution < 1.29 is 53.5 Å². The maximum atomic E-state index is 8.43. The number of hydrogen-bond acceptors (Lipinski definition) is 13. The SMILES string of the molecule is C=Cc1cccc(CC[Si](C)(C)O[Si]23O[Si]4(CCCCCC(C)C)O[Si]5(CCCCCC(C)C)O[Si]6(CCCCCC(C)C)O[Si](CCCCCC(C)C)(O4)O[Si](CCCCCC(C)C)(O[Si](CCCCCC(C)C)(O6)O[Si](CCCCCC(C)C)(O5)O2)O3)c1. The van der Waals surface area contributed by atoms with E-state index in [0.717, 1.165) is 198 Å². The number of hydrogen-bond donors (Lipinski definition) is 0. The Balaban J connectivity index is 1.69. The molecule has 22 heteroatoms. The summed E-state index contributed by atoms with van der Waals surface area (Å²) in [6.07, 6.45) is 31.3. The van der Waals surface area contributed by atoms with E-state index in [9.17, 15) is 0 Å². The molecule has 0 saturated carbocycles. The Morgan fingerprint density at radius 2 is 0.578 bits per heavy atom. The van der Waals surface area contributed by atoms with Crippen molar-refractivity contribution in [2.75, 3.05) is 0 Å². The van der Waals surface area contributed by atoms with Crippen LogP contribution in [0.5, 0.6) is 0 Å². The van der Waals surface area contributed by atoms with Gasteiger partial charge in [-0.05, 0) is 123 Å². The molecule has 0 aliphatic carbocycles. The van der Waals surface area contributed by atoms with Gasteiger partial charge in [-0.25, -0.2) is 0 Å². The monoisotopic (exact) mass is 1410 g/mol. The van der Waals surface area contributed by atoms with Crippen molar-refractivity contribution >= 4 is 85.1 Å². The molecule has 0 amide bonds. The lowest BCUT2D eigenvalue weighted by Crippen LogP contribution is -2.89. The molecule has 6 fully saturated rings. The Kier molecular flexibility index (Phi) is 33.1. The zero-order chi connectivity index (χ0) is 65.6. The van der Waals surface area contributed by atoms with Crippen LogP contribution < -0.4 is 0 Å². The van der Waals surface area contributed by atoms with Crippen LogP contribution in [-0.4, -0.2) is 79.0 Å². The van der Waals surface area contributed by atoms with Gasteiger partial charge < -0.3 is 53.5 Å². The summed E-state index contributed by atoms with van der Waals surface area (Å²) in [6.45, 7) is 41.3. The quantitative estimate of drug-likeness (QED) is 0.0455. The number of rotatable bonds is 48. The van der Waals surface area contributed by atoms with Crippen LogP contribution in [0.15, 0.2) is 30.8 Å². The Morgan fingerprint density at radius 3 is 0.800 bits per heavy atom.